The van der Waals surface area contributed by atoms with Gasteiger partial charge in [-0.1, -0.05) is 0 Å². The Kier molecular flexibility index (Phi) is 24.6. The van der Waals surface area contributed by atoms with Crippen LogP contribution in [-0.4, -0.2) is 52.4 Å². The molecule has 0 atom stereocenters. The number of hydrogen-bond donors (Lipinski definition) is 2. The third-order valence-electron chi connectivity index (χ3n) is 0. The van der Waals surface area contributed by atoms with Crippen LogP contribution in [0.5, 0.6) is 0 Å². The van der Waals surface area contributed by atoms with Crippen molar-refractivity contribution in [2.75, 3.05) is 0 Å². The van der Waals surface area contributed by atoms with E-state index in [1.54, 1.807) is 0 Å². The van der Waals surface area contributed by atoms with Gasteiger partial charge in [-0.3, -0.25) is 0 Å². The molecule has 0 bridgehead atoms. The van der Waals surface area contributed by atoms with Gasteiger partial charge in [-0.05, 0) is 6.92 Å². The van der Waals surface area contributed by atoms with Gasteiger partial charge in [-0.25, -0.2) is 0 Å². The summed E-state index contributed by atoms with van der Waals surface area (Å²) in [5.74, 6) is 0. The molecule has 0 heterocycles. The van der Waals surface area contributed by atoms with E-state index >= 15 is 0 Å². The molecule has 36 valence electrons. The van der Waals surface area contributed by atoms with Gasteiger partial charge in [0.05, 0.1) is 0 Å². The van der Waals surface area contributed by atoms with Crippen LogP contribution in [0.1, 0.15) is 6.92 Å². The molecular formula is C2H6As2O2. The molecule has 6 heavy (non-hydrogen) atoms. The summed E-state index contributed by atoms with van der Waals surface area (Å²) < 4.78 is 0. The summed E-state index contributed by atoms with van der Waals surface area (Å²) in [6.07, 6.45) is -1.17. The van der Waals surface area contributed by atoms with E-state index in [9.17, 15) is 0 Å². The van der Waals surface area contributed by atoms with Crippen LogP contribution >= 0.6 is 0 Å². The van der Waals surface area contributed by atoms with E-state index in [1.807, 2.05) is 0 Å². The van der Waals surface area contributed by atoms with Crippen molar-refractivity contribution in [1.82, 2.24) is 0 Å². The molecular weight excluding hydrogens is 206 g/mol. The van der Waals surface area contributed by atoms with E-state index in [0.29, 0.717) is 0 Å². The zero-order chi connectivity index (χ0) is 3.58. The fourth-order valence-electron chi connectivity index (χ4n) is 0. The molecule has 0 spiro atoms. The third kappa shape index (κ3) is 76.3. The standard InChI is InChI=1S/C2H6O2.2As/c1-2(3)4;;/h2-4H,1H3;;. The second-order valence-corrected chi connectivity index (χ2v) is 0.632. The van der Waals surface area contributed by atoms with E-state index in [0.717, 1.165) is 0 Å². The molecule has 0 fully saturated rings. The molecule has 0 amide bonds. The molecule has 0 unspecified atom stereocenters. The van der Waals surface area contributed by atoms with Crippen molar-refractivity contribution in [2.24, 2.45) is 0 Å². The first kappa shape index (κ1) is 15.7. The van der Waals surface area contributed by atoms with Gasteiger partial charge in [-0.15, -0.1) is 0 Å². The minimum atomic E-state index is -1.17. The van der Waals surface area contributed by atoms with Gasteiger partial charge in [-0.2, -0.15) is 0 Å². The molecule has 0 aromatic carbocycles. The minimum absolute atomic E-state index is 0. The van der Waals surface area contributed by atoms with Gasteiger partial charge in [0.1, 0.15) is 6.29 Å². The Labute approximate surface area is 59.6 Å². The average molecular weight is 212 g/mol. The maximum Gasteiger partial charge on any atom is 0.148 e. The number of aliphatic hydroxyl groups excluding tert-OH is 1. The molecule has 0 saturated heterocycles. The van der Waals surface area contributed by atoms with Crippen molar-refractivity contribution < 1.29 is 10.2 Å². The van der Waals surface area contributed by atoms with E-state index in [2.05, 4.69) is 0 Å². The molecule has 4 heteroatoms. The van der Waals surface area contributed by atoms with Crippen molar-refractivity contribution in [2.45, 2.75) is 13.2 Å². The Hall–Kier alpha value is 1.04. The molecule has 0 aliphatic carbocycles. The molecule has 6 radical (unpaired) electrons. The van der Waals surface area contributed by atoms with Crippen LogP contribution in [0.2, 0.25) is 0 Å². The first-order chi connectivity index (χ1) is 1.73. The summed E-state index contributed by atoms with van der Waals surface area (Å²) in [6.45, 7) is 1.28. The van der Waals surface area contributed by atoms with E-state index in [4.69, 9.17) is 10.2 Å². The van der Waals surface area contributed by atoms with Gasteiger partial charge < -0.3 is 10.2 Å². The van der Waals surface area contributed by atoms with Crippen LogP contribution < -0.4 is 0 Å². The van der Waals surface area contributed by atoms with Crippen molar-refractivity contribution in [3.8, 4) is 0 Å². The van der Waals surface area contributed by atoms with E-state index in [1.165, 1.54) is 6.92 Å². The smallest absolute Gasteiger partial charge is 0.148 e. The maximum atomic E-state index is 7.61. The second kappa shape index (κ2) is 9.40. The first-order valence-electron chi connectivity index (χ1n) is 1.09. The topological polar surface area (TPSA) is 40.5 Å². The van der Waals surface area contributed by atoms with Crippen molar-refractivity contribution in [3.05, 3.63) is 0 Å². The monoisotopic (exact) mass is 212 g/mol. The Morgan fingerprint density at radius 3 is 1.17 bits per heavy atom. The quantitative estimate of drug-likeness (QED) is 0.381. The normalized spacial score (nSPS) is 6.00. The molecule has 0 aromatic heterocycles. The first-order valence-corrected chi connectivity index (χ1v) is 1.09. The average Bonchev–Trinajstić information content (AvgIpc) is 0.811. The van der Waals surface area contributed by atoms with E-state index < -0.39 is 6.29 Å². The molecule has 2 nitrogen and oxygen atoms in total. The van der Waals surface area contributed by atoms with Crippen LogP contribution in [0.15, 0.2) is 0 Å². The summed E-state index contributed by atoms with van der Waals surface area (Å²) in [5.41, 5.74) is 0. The third-order valence-corrected chi connectivity index (χ3v) is 0. The predicted octanol–water partition coefficient (Wildman–Crippen LogP) is -1.44. The van der Waals surface area contributed by atoms with Gasteiger partial charge in [0.2, 0.25) is 0 Å². The Bertz CT molecular complexity index is 14.3. The summed E-state index contributed by atoms with van der Waals surface area (Å²) in [6, 6.07) is 0. The van der Waals surface area contributed by atoms with Crippen LogP contribution in [0.25, 0.3) is 0 Å². The Morgan fingerprint density at radius 1 is 1.17 bits per heavy atom. The zero-order valence-corrected chi connectivity index (χ0v) is 7.12. The summed E-state index contributed by atoms with van der Waals surface area (Å²) in [5, 5.41) is 15.2. The minimum Gasteiger partial charge on any atom is -0.368 e. The summed E-state index contributed by atoms with van der Waals surface area (Å²) in [4.78, 5) is 0. The van der Waals surface area contributed by atoms with Gasteiger partial charge in [0, 0.05) is 35.9 Å². The van der Waals surface area contributed by atoms with Crippen LogP contribution in [0.3, 0.4) is 0 Å². The summed E-state index contributed by atoms with van der Waals surface area (Å²) >= 11 is 0. The van der Waals surface area contributed by atoms with Crippen LogP contribution in [-0.2, 0) is 0 Å². The SMILES string of the molecule is CC(O)O.[As].[As]. The number of aliphatic hydroxyl groups is 2. The predicted molar refractivity (Wildman–Crippen MR) is 25.4 cm³/mol. The Balaban J connectivity index is -0.0000000450. The number of rotatable bonds is 0. The van der Waals surface area contributed by atoms with Gasteiger partial charge in [0.25, 0.3) is 0 Å². The second-order valence-electron chi connectivity index (χ2n) is 0.632. The van der Waals surface area contributed by atoms with Crippen LogP contribution in [0.4, 0.5) is 0 Å². The maximum absolute atomic E-state index is 7.61. The molecule has 0 aromatic rings. The Morgan fingerprint density at radius 2 is 1.17 bits per heavy atom. The largest absolute Gasteiger partial charge is 0.368 e. The van der Waals surface area contributed by atoms with E-state index in [-0.39, 0.29) is 35.9 Å². The zero-order valence-electron chi connectivity index (χ0n) is 3.37. The fourth-order valence-corrected chi connectivity index (χ4v) is 0. The molecule has 0 rings (SSSR count). The molecule has 2 N–H and O–H groups in total. The fraction of sp³-hybridized carbons (Fsp3) is 1.00. The van der Waals surface area contributed by atoms with Crippen molar-refractivity contribution in [3.63, 3.8) is 0 Å². The van der Waals surface area contributed by atoms with Crippen LogP contribution in [0, 0.1) is 0 Å². The van der Waals surface area contributed by atoms with Gasteiger partial charge >= 0.3 is 0 Å². The van der Waals surface area contributed by atoms with Crippen molar-refractivity contribution in [1.29, 1.82) is 0 Å². The number of hydrogen-bond acceptors (Lipinski definition) is 2. The molecule has 0 saturated carbocycles. The van der Waals surface area contributed by atoms with Crippen molar-refractivity contribution >= 4 is 35.9 Å². The molecule has 0 aliphatic rings. The summed E-state index contributed by atoms with van der Waals surface area (Å²) in [7, 11) is 0. The molecule has 0 aliphatic heterocycles. The van der Waals surface area contributed by atoms with Gasteiger partial charge in [0.15, 0.2) is 0 Å².